The van der Waals surface area contributed by atoms with Gasteiger partial charge in [0.05, 0.1) is 15.6 Å². The minimum atomic E-state index is -3.37. The van der Waals surface area contributed by atoms with Gasteiger partial charge in [-0.1, -0.05) is 18.6 Å². The first-order chi connectivity index (χ1) is 12.1. The summed E-state index contributed by atoms with van der Waals surface area (Å²) in [6, 6.07) is 7.10. The van der Waals surface area contributed by atoms with Crippen LogP contribution in [-0.2, 0) is 21.2 Å². The van der Waals surface area contributed by atoms with E-state index in [1.165, 1.54) is 0 Å². The third-order valence-corrected chi connectivity index (χ3v) is 7.22. The Bertz CT molecular complexity index is 779. The SMILES string of the molecule is COCCCc1nc(-c2ccc(S(=O)(=O)N3CCCCC3)cc2)cs1. The first kappa shape index (κ1) is 18.5. The van der Waals surface area contributed by atoms with Gasteiger partial charge in [0, 0.05) is 44.2 Å². The molecule has 0 unspecified atom stereocenters. The molecule has 0 atom stereocenters. The predicted molar refractivity (Wildman–Crippen MR) is 100 cm³/mol. The van der Waals surface area contributed by atoms with Crippen molar-refractivity contribution in [2.45, 2.75) is 37.0 Å². The number of methoxy groups -OCH3 is 1. The zero-order valence-electron chi connectivity index (χ0n) is 14.5. The van der Waals surface area contributed by atoms with E-state index in [1.54, 1.807) is 34.9 Å². The molecule has 7 heteroatoms. The van der Waals surface area contributed by atoms with Crippen LogP contribution in [0.25, 0.3) is 11.3 Å². The van der Waals surface area contributed by atoms with Gasteiger partial charge in [-0.05, 0) is 31.4 Å². The molecule has 1 aliphatic heterocycles. The Hall–Kier alpha value is -1.28. The van der Waals surface area contributed by atoms with Crippen LogP contribution in [0.5, 0.6) is 0 Å². The fourth-order valence-corrected chi connectivity index (χ4v) is 5.34. The summed E-state index contributed by atoms with van der Waals surface area (Å²) >= 11 is 1.63. The average molecular weight is 381 g/mol. The number of sulfonamides is 1. The van der Waals surface area contributed by atoms with Crippen LogP contribution in [0, 0.1) is 0 Å². The van der Waals surface area contributed by atoms with Gasteiger partial charge in [0.2, 0.25) is 10.0 Å². The Morgan fingerprint density at radius 1 is 1.16 bits per heavy atom. The molecule has 1 aromatic heterocycles. The number of hydrogen-bond acceptors (Lipinski definition) is 5. The van der Waals surface area contributed by atoms with Gasteiger partial charge in [-0.2, -0.15) is 4.31 Å². The number of aromatic nitrogens is 1. The van der Waals surface area contributed by atoms with Crippen LogP contribution >= 0.6 is 11.3 Å². The average Bonchev–Trinajstić information content (AvgIpc) is 3.12. The van der Waals surface area contributed by atoms with E-state index in [9.17, 15) is 8.42 Å². The molecule has 1 fully saturated rings. The monoisotopic (exact) mass is 380 g/mol. The summed E-state index contributed by atoms with van der Waals surface area (Å²) in [5.74, 6) is 0. The van der Waals surface area contributed by atoms with Crippen molar-refractivity contribution in [3.63, 3.8) is 0 Å². The molecule has 3 rings (SSSR count). The summed E-state index contributed by atoms with van der Waals surface area (Å²) in [5, 5.41) is 3.10. The van der Waals surface area contributed by atoms with Crippen molar-refractivity contribution < 1.29 is 13.2 Å². The van der Waals surface area contributed by atoms with Crippen molar-refractivity contribution in [1.29, 1.82) is 0 Å². The predicted octanol–water partition coefficient (Wildman–Crippen LogP) is 3.56. The summed E-state index contributed by atoms with van der Waals surface area (Å²) < 4.78 is 32.0. The van der Waals surface area contributed by atoms with Crippen molar-refractivity contribution in [1.82, 2.24) is 9.29 Å². The molecule has 0 amide bonds. The molecule has 1 aromatic carbocycles. The van der Waals surface area contributed by atoms with Gasteiger partial charge in [0.1, 0.15) is 0 Å². The number of ether oxygens (including phenoxy) is 1. The zero-order chi connectivity index (χ0) is 17.7. The van der Waals surface area contributed by atoms with Gasteiger partial charge in [-0.15, -0.1) is 11.3 Å². The maximum Gasteiger partial charge on any atom is 0.243 e. The Balaban J connectivity index is 1.71. The highest BCUT2D eigenvalue weighted by molar-refractivity contribution is 7.89. The van der Waals surface area contributed by atoms with E-state index in [4.69, 9.17) is 4.74 Å². The lowest BCUT2D eigenvalue weighted by atomic mass is 10.2. The first-order valence-corrected chi connectivity index (χ1v) is 11.0. The number of hydrogen-bond donors (Lipinski definition) is 0. The molecule has 2 heterocycles. The van der Waals surface area contributed by atoms with Gasteiger partial charge in [0.15, 0.2) is 0 Å². The number of benzene rings is 1. The summed E-state index contributed by atoms with van der Waals surface area (Å²) in [7, 11) is -1.67. The molecule has 1 saturated heterocycles. The zero-order valence-corrected chi connectivity index (χ0v) is 16.1. The molecular weight excluding hydrogens is 356 g/mol. The van der Waals surface area contributed by atoms with Crippen molar-refractivity contribution >= 4 is 21.4 Å². The molecule has 25 heavy (non-hydrogen) atoms. The largest absolute Gasteiger partial charge is 0.385 e. The van der Waals surface area contributed by atoms with Gasteiger partial charge in [-0.25, -0.2) is 13.4 Å². The first-order valence-electron chi connectivity index (χ1n) is 8.65. The van der Waals surface area contributed by atoms with Crippen LogP contribution in [0.2, 0.25) is 0 Å². The number of aryl methyl sites for hydroxylation is 1. The molecule has 136 valence electrons. The van der Waals surface area contributed by atoms with Crippen LogP contribution in [0.4, 0.5) is 0 Å². The van der Waals surface area contributed by atoms with E-state index in [-0.39, 0.29) is 0 Å². The minimum absolute atomic E-state index is 0.369. The van der Waals surface area contributed by atoms with Crippen LogP contribution in [-0.4, -0.2) is 44.5 Å². The van der Waals surface area contributed by atoms with E-state index < -0.39 is 10.0 Å². The van der Waals surface area contributed by atoms with E-state index in [1.807, 2.05) is 17.5 Å². The summed E-state index contributed by atoms with van der Waals surface area (Å²) in [6.07, 6.45) is 4.86. The lowest BCUT2D eigenvalue weighted by Crippen LogP contribution is -2.35. The smallest absolute Gasteiger partial charge is 0.243 e. The number of nitrogens with zero attached hydrogens (tertiary/aromatic N) is 2. The minimum Gasteiger partial charge on any atom is -0.385 e. The van der Waals surface area contributed by atoms with Gasteiger partial charge < -0.3 is 4.74 Å². The highest BCUT2D eigenvalue weighted by atomic mass is 32.2. The van der Waals surface area contributed by atoms with Crippen LogP contribution in [0.3, 0.4) is 0 Å². The number of thiazole rings is 1. The second-order valence-electron chi connectivity index (χ2n) is 6.21. The topological polar surface area (TPSA) is 59.5 Å². The standard InChI is InChI=1S/C18H24N2O3S2/c1-23-13-5-6-18-19-17(14-24-18)15-7-9-16(10-8-15)25(21,22)20-11-3-2-4-12-20/h7-10,14H,2-6,11-13H2,1H3. The molecule has 0 N–H and O–H groups in total. The van der Waals surface area contributed by atoms with Crippen molar-refractivity contribution in [3.05, 3.63) is 34.7 Å². The molecule has 1 aliphatic rings. The highest BCUT2D eigenvalue weighted by Gasteiger charge is 2.25. The summed E-state index contributed by atoms with van der Waals surface area (Å²) in [4.78, 5) is 5.01. The van der Waals surface area contributed by atoms with Crippen LogP contribution in [0.1, 0.15) is 30.7 Å². The summed E-state index contributed by atoms with van der Waals surface area (Å²) in [6.45, 7) is 1.99. The molecule has 2 aromatic rings. The Morgan fingerprint density at radius 3 is 2.56 bits per heavy atom. The van der Waals surface area contributed by atoms with Gasteiger partial charge >= 0.3 is 0 Å². The van der Waals surface area contributed by atoms with Crippen molar-refractivity contribution in [2.75, 3.05) is 26.8 Å². The molecule has 0 saturated carbocycles. The lowest BCUT2D eigenvalue weighted by Gasteiger charge is -2.25. The van der Waals surface area contributed by atoms with E-state index in [0.717, 1.165) is 55.0 Å². The molecular formula is C18H24N2O3S2. The normalized spacial score (nSPS) is 16.2. The third kappa shape index (κ3) is 4.47. The van der Waals surface area contributed by atoms with Gasteiger partial charge in [0.25, 0.3) is 0 Å². The Kier molecular flexibility index (Phi) is 6.22. The maximum absolute atomic E-state index is 12.7. The van der Waals surface area contributed by atoms with E-state index in [2.05, 4.69) is 4.98 Å². The molecule has 0 aliphatic carbocycles. The molecule has 5 nitrogen and oxygen atoms in total. The lowest BCUT2D eigenvalue weighted by molar-refractivity contribution is 0.195. The maximum atomic E-state index is 12.7. The Morgan fingerprint density at radius 2 is 1.88 bits per heavy atom. The fourth-order valence-electron chi connectivity index (χ4n) is 2.98. The molecule has 0 bridgehead atoms. The van der Waals surface area contributed by atoms with Gasteiger partial charge in [-0.3, -0.25) is 0 Å². The third-order valence-electron chi connectivity index (χ3n) is 4.39. The van der Waals surface area contributed by atoms with Crippen LogP contribution in [0.15, 0.2) is 34.5 Å². The fraction of sp³-hybridized carbons (Fsp3) is 0.500. The van der Waals surface area contributed by atoms with Crippen molar-refractivity contribution in [3.8, 4) is 11.3 Å². The van der Waals surface area contributed by atoms with E-state index >= 15 is 0 Å². The number of piperidine rings is 1. The number of rotatable bonds is 7. The second-order valence-corrected chi connectivity index (χ2v) is 9.09. The molecule has 0 spiro atoms. The van der Waals surface area contributed by atoms with Crippen LogP contribution < -0.4 is 0 Å². The quantitative estimate of drug-likeness (QED) is 0.689. The highest BCUT2D eigenvalue weighted by Crippen LogP contribution is 2.26. The Labute approximate surface area is 153 Å². The van der Waals surface area contributed by atoms with E-state index in [0.29, 0.717) is 18.0 Å². The summed E-state index contributed by atoms with van der Waals surface area (Å²) in [5.41, 5.74) is 1.85. The second kappa shape index (κ2) is 8.40. The molecule has 0 radical (unpaired) electrons. The van der Waals surface area contributed by atoms with Crippen molar-refractivity contribution in [2.24, 2.45) is 0 Å².